The van der Waals surface area contributed by atoms with E-state index < -0.39 is 0 Å². The van der Waals surface area contributed by atoms with Crippen LogP contribution in [-0.4, -0.2) is 82.5 Å². The minimum Gasteiger partial charge on any atom is -0.397 e. The topological polar surface area (TPSA) is 131 Å². The molecule has 0 bridgehead atoms. The van der Waals surface area contributed by atoms with Crippen molar-refractivity contribution < 1.29 is 5.11 Å². The van der Waals surface area contributed by atoms with Crippen LogP contribution in [0.5, 0.6) is 0 Å². The minimum atomic E-state index is 0.250. The maximum atomic E-state index is 7.57. The summed E-state index contributed by atoms with van der Waals surface area (Å²) in [5, 5.41) is 23.7. The lowest BCUT2D eigenvalue weighted by atomic mass is 10.2. The monoisotopic (exact) mass is 358 g/mol. The average molecular weight is 359 g/mol. The summed E-state index contributed by atoms with van der Waals surface area (Å²) in [4.78, 5) is 8.06. The van der Waals surface area contributed by atoms with E-state index in [0.717, 1.165) is 50.9 Å². The van der Waals surface area contributed by atoms with E-state index >= 15 is 0 Å². The average Bonchev–Trinajstić information content (AvgIpc) is 2.67. The third kappa shape index (κ3) is 11.6. The zero-order valence-corrected chi connectivity index (χ0v) is 16.2. The predicted molar refractivity (Wildman–Crippen MR) is 106 cm³/mol. The highest BCUT2D eigenvalue weighted by molar-refractivity contribution is 5.81. The van der Waals surface area contributed by atoms with E-state index in [2.05, 4.69) is 43.5 Å². The number of nitrogens with two attached hydrogens (primary N) is 1. The van der Waals surface area contributed by atoms with E-state index in [1.807, 2.05) is 0 Å². The highest BCUT2D eigenvalue weighted by atomic mass is 16.2. The molecule has 9 nitrogen and oxygen atoms in total. The van der Waals surface area contributed by atoms with Crippen molar-refractivity contribution in [3.8, 4) is 0 Å². The highest BCUT2D eigenvalue weighted by Gasteiger charge is 2.14. The summed E-state index contributed by atoms with van der Waals surface area (Å²) in [6, 6.07) is 0.935. The molecule has 0 aliphatic carbocycles. The molecule has 2 fully saturated rings. The van der Waals surface area contributed by atoms with Gasteiger partial charge >= 0.3 is 0 Å². The molecule has 2 atom stereocenters. The van der Waals surface area contributed by atoms with Crippen LogP contribution in [0.15, 0.2) is 9.98 Å². The van der Waals surface area contributed by atoms with Crippen molar-refractivity contribution in [2.45, 2.75) is 38.8 Å². The Kier molecular flexibility index (Phi) is 14.9. The van der Waals surface area contributed by atoms with Gasteiger partial charge in [0.15, 0.2) is 11.9 Å². The number of hydrogen-bond acceptors (Lipinski definition) is 5. The Morgan fingerprint density at radius 1 is 1.04 bits per heavy atom. The number of aliphatic hydroxyl groups excluding tert-OH is 1. The lowest BCUT2D eigenvalue weighted by Gasteiger charge is -2.26. The summed E-state index contributed by atoms with van der Waals surface area (Å²) >= 11 is 0. The summed E-state index contributed by atoms with van der Waals surface area (Å²) < 4.78 is 0. The molecule has 8 N–H and O–H groups in total. The maximum Gasteiger partial charge on any atom is 0.191 e. The fourth-order valence-corrected chi connectivity index (χ4v) is 2.30. The zero-order chi connectivity index (χ0) is 18.9. The van der Waals surface area contributed by atoms with Crippen LogP contribution >= 0.6 is 0 Å². The van der Waals surface area contributed by atoms with E-state index in [9.17, 15) is 0 Å². The first-order valence-electron chi connectivity index (χ1n) is 9.10. The van der Waals surface area contributed by atoms with Gasteiger partial charge in [0.2, 0.25) is 0 Å². The van der Waals surface area contributed by atoms with Crippen LogP contribution in [0.3, 0.4) is 0 Å². The van der Waals surface area contributed by atoms with Gasteiger partial charge in [-0.1, -0.05) is 6.92 Å². The third-order valence-corrected chi connectivity index (χ3v) is 3.62. The van der Waals surface area contributed by atoms with Crippen LogP contribution in [0.25, 0.3) is 0 Å². The molecule has 0 radical (unpaired) electrons. The van der Waals surface area contributed by atoms with Crippen LogP contribution in [-0.2, 0) is 0 Å². The highest BCUT2D eigenvalue weighted by Crippen LogP contribution is 1.94. The summed E-state index contributed by atoms with van der Waals surface area (Å²) in [5.41, 5.74) is 5.47. The van der Waals surface area contributed by atoms with Gasteiger partial charge in [-0.05, 0) is 26.3 Å². The zero-order valence-electron chi connectivity index (χ0n) is 16.2. The standard InChI is InChI=1S/C8H18N4.C6H14N4.C2H6O/c1-3-10-6-7-4-5-11-8(9-2)12-7;1-8-6-9-3-2-5(4-7)10-6;1-2-3/h7,10H,3-6H2,1-2H3,(H2,9,11,12);5H,2-4,7H2,1H3,(H2,8,9,10);3H,2H2,1H3. The van der Waals surface area contributed by atoms with Gasteiger partial charge in [0, 0.05) is 59.0 Å². The van der Waals surface area contributed by atoms with Crippen molar-refractivity contribution >= 4 is 11.9 Å². The van der Waals surface area contributed by atoms with Crippen LogP contribution in [0, 0.1) is 0 Å². The Hall–Kier alpha value is -1.58. The Labute approximate surface area is 152 Å². The Morgan fingerprint density at radius 2 is 1.52 bits per heavy atom. The van der Waals surface area contributed by atoms with Gasteiger partial charge in [-0.25, -0.2) is 0 Å². The first kappa shape index (κ1) is 23.4. The molecule has 2 aliphatic rings. The normalized spacial score (nSPS) is 25.2. The van der Waals surface area contributed by atoms with Gasteiger partial charge in [0.1, 0.15) is 0 Å². The van der Waals surface area contributed by atoms with Crippen LogP contribution < -0.4 is 32.3 Å². The second-order valence-electron chi connectivity index (χ2n) is 5.62. The molecule has 2 saturated heterocycles. The van der Waals surface area contributed by atoms with Crippen molar-refractivity contribution in [2.75, 3.05) is 53.4 Å². The van der Waals surface area contributed by atoms with Gasteiger partial charge in [-0.15, -0.1) is 0 Å². The Morgan fingerprint density at radius 3 is 1.96 bits per heavy atom. The predicted octanol–water partition coefficient (Wildman–Crippen LogP) is -1.59. The molecular formula is C16H38N8O. The Bertz CT molecular complexity index is 375. The van der Waals surface area contributed by atoms with Crippen molar-refractivity contribution in [2.24, 2.45) is 15.7 Å². The van der Waals surface area contributed by atoms with E-state index in [1.165, 1.54) is 0 Å². The van der Waals surface area contributed by atoms with Crippen molar-refractivity contribution in [3.05, 3.63) is 0 Å². The lowest BCUT2D eigenvalue weighted by molar-refractivity contribution is 0.318. The molecule has 0 saturated carbocycles. The van der Waals surface area contributed by atoms with Gasteiger partial charge in [0.05, 0.1) is 0 Å². The van der Waals surface area contributed by atoms with Crippen molar-refractivity contribution in [1.82, 2.24) is 26.6 Å². The fourth-order valence-electron chi connectivity index (χ4n) is 2.30. The molecule has 148 valence electrons. The first-order valence-corrected chi connectivity index (χ1v) is 9.10. The van der Waals surface area contributed by atoms with E-state index in [-0.39, 0.29) is 6.61 Å². The number of aliphatic imine (C=N–C) groups is 2. The van der Waals surface area contributed by atoms with E-state index in [4.69, 9.17) is 10.8 Å². The second kappa shape index (κ2) is 15.9. The van der Waals surface area contributed by atoms with Crippen molar-refractivity contribution in [3.63, 3.8) is 0 Å². The molecule has 0 aromatic rings. The molecule has 0 spiro atoms. The fraction of sp³-hybridized carbons (Fsp3) is 0.875. The first-order chi connectivity index (χ1) is 12.1. The molecule has 2 heterocycles. The summed E-state index contributed by atoms with van der Waals surface area (Å²) in [6.45, 7) is 8.79. The smallest absolute Gasteiger partial charge is 0.191 e. The quantitative estimate of drug-likeness (QED) is 0.323. The van der Waals surface area contributed by atoms with Crippen molar-refractivity contribution in [1.29, 1.82) is 0 Å². The number of hydrogen-bond donors (Lipinski definition) is 7. The number of rotatable bonds is 4. The summed E-state index contributed by atoms with van der Waals surface area (Å²) in [5.74, 6) is 1.78. The number of nitrogens with zero attached hydrogens (tertiary/aromatic N) is 2. The van der Waals surface area contributed by atoms with Crippen LogP contribution in [0.2, 0.25) is 0 Å². The second-order valence-corrected chi connectivity index (χ2v) is 5.62. The third-order valence-electron chi connectivity index (χ3n) is 3.62. The molecule has 2 aliphatic heterocycles. The lowest BCUT2D eigenvalue weighted by Crippen LogP contribution is -2.53. The number of guanidine groups is 2. The number of likely N-dealkylation sites (N-methyl/N-ethyl adjacent to an activating group) is 1. The molecular weight excluding hydrogens is 320 g/mol. The molecule has 2 unspecified atom stereocenters. The minimum absolute atomic E-state index is 0.250. The van der Waals surface area contributed by atoms with Crippen LogP contribution in [0.4, 0.5) is 0 Å². The summed E-state index contributed by atoms with van der Waals surface area (Å²) in [6.07, 6.45) is 2.24. The molecule has 25 heavy (non-hydrogen) atoms. The van der Waals surface area contributed by atoms with Gasteiger partial charge < -0.3 is 37.4 Å². The largest absolute Gasteiger partial charge is 0.397 e. The summed E-state index contributed by atoms with van der Waals surface area (Å²) in [7, 11) is 3.55. The maximum absolute atomic E-state index is 7.57. The SMILES string of the molecule is CCNCC1CCNC(=NC)N1.CCO.CN=C1NCCC(CN)N1. The molecule has 2 rings (SSSR count). The number of aliphatic hydroxyl groups is 1. The van der Waals surface area contributed by atoms with E-state index in [1.54, 1.807) is 21.0 Å². The molecule has 0 amide bonds. The molecule has 0 aromatic carbocycles. The number of nitrogens with one attached hydrogen (secondary N) is 5. The van der Waals surface area contributed by atoms with Gasteiger partial charge in [0.25, 0.3) is 0 Å². The molecule has 0 aromatic heterocycles. The van der Waals surface area contributed by atoms with Gasteiger partial charge in [-0.2, -0.15) is 0 Å². The molecule has 9 heteroatoms. The van der Waals surface area contributed by atoms with Gasteiger partial charge in [-0.3, -0.25) is 9.98 Å². The Balaban J connectivity index is 0.000000403. The van der Waals surface area contributed by atoms with Crippen LogP contribution in [0.1, 0.15) is 26.7 Å². The van der Waals surface area contributed by atoms with E-state index in [0.29, 0.717) is 18.6 Å².